The van der Waals surface area contributed by atoms with Crippen LogP contribution in [0.1, 0.15) is 200 Å². The first kappa shape index (κ1) is 54.6. The molecule has 8 N–H and O–H groups in total. The van der Waals surface area contributed by atoms with Crippen molar-refractivity contribution in [2.24, 2.45) is 0 Å². The molecule has 1 fully saturated rings. The number of hydrogen-bond acceptors (Lipinski definition) is 10. The minimum Gasteiger partial charge on any atom is -0.394 e. The van der Waals surface area contributed by atoms with Gasteiger partial charge in [-0.2, -0.15) is 0 Å². The molecule has 1 heterocycles. The summed E-state index contributed by atoms with van der Waals surface area (Å²) in [6.45, 7) is 3.41. The van der Waals surface area contributed by atoms with E-state index >= 15 is 0 Å². The Morgan fingerprint density at radius 2 is 1.03 bits per heavy atom. The Labute approximate surface area is 353 Å². The maximum absolute atomic E-state index is 13.1. The monoisotopic (exact) mass is 828 g/mol. The molecule has 0 aliphatic carbocycles. The quantitative estimate of drug-likeness (QED) is 0.0224. The number of allylic oxidation sites excluding steroid dienone is 4. The maximum Gasteiger partial charge on any atom is 0.249 e. The number of unbranched alkanes of at least 4 members (excludes halogenated alkanes) is 23. The molecule has 0 bridgehead atoms. The summed E-state index contributed by atoms with van der Waals surface area (Å²) in [4.78, 5) is 13.1. The van der Waals surface area contributed by atoms with E-state index in [2.05, 4.69) is 43.5 Å². The molecular weight excluding hydrogens is 739 g/mol. The lowest BCUT2D eigenvalue weighted by molar-refractivity contribution is -0.303. The summed E-state index contributed by atoms with van der Waals surface area (Å²) in [5.41, 5.74) is 0. The molecular formula is C47H89NO10. The molecule has 0 aromatic rings. The van der Waals surface area contributed by atoms with Crippen molar-refractivity contribution in [3.8, 4) is 0 Å². The van der Waals surface area contributed by atoms with Gasteiger partial charge in [0.25, 0.3) is 0 Å². The number of ether oxygens (including phenoxy) is 2. The van der Waals surface area contributed by atoms with Crippen LogP contribution in [-0.4, -0.2) is 110 Å². The second kappa shape index (κ2) is 37.4. The van der Waals surface area contributed by atoms with E-state index in [-0.39, 0.29) is 12.8 Å². The minimum atomic E-state index is -1.67. The number of carbonyl (C=O) groups is 1. The Kier molecular flexibility index (Phi) is 35.2. The molecule has 1 aliphatic heterocycles. The molecule has 0 saturated carbocycles. The average molecular weight is 828 g/mol. The van der Waals surface area contributed by atoms with Crippen molar-refractivity contribution in [3.05, 3.63) is 24.3 Å². The smallest absolute Gasteiger partial charge is 0.249 e. The number of carbonyl (C=O) groups excluding carboxylic acids is 1. The van der Waals surface area contributed by atoms with Crippen molar-refractivity contribution in [3.63, 3.8) is 0 Å². The van der Waals surface area contributed by atoms with Crippen molar-refractivity contribution in [1.82, 2.24) is 5.32 Å². The largest absolute Gasteiger partial charge is 0.394 e. The number of amides is 1. The molecule has 9 unspecified atom stereocenters. The molecule has 1 rings (SSSR count). The number of rotatable bonds is 39. The van der Waals surface area contributed by atoms with Gasteiger partial charge in [-0.25, -0.2) is 0 Å². The van der Waals surface area contributed by atoms with Crippen LogP contribution in [-0.2, 0) is 14.3 Å². The zero-order chi connectivity index (χ0) is 42.6. The lowest BCUT2D eigenvalue weighted by Gasteiger charge is -2.40. The lowest BCUT2D eigenvalue weighted by Crippen LogP contribution is -2.60. The highest BCUT2D eigenvalue weighted by molar-refractivity contribution is 5.80. The van der Waals surface area contributed by atoms with Gasteiger partial charge < -0.3 is 50.5 Å². The second-order valence-electron chi connectivity index (χ2n) is 16.8. The summed E-state index contributed by atoms with van der Waals surface area (Å²) >= 11 is 0. The highest BCUT2D eigenvalue weighted by Crippen LogP contribution is 2.23. The van der Waals surface area contributed by atoms with Crippen LogP contribution in [0.3, 0.4) is 0 Å². The van der Waals surface area contributed by atoms with Gasteiger partial charge in [0.2, 0.25) is 5.91 Å². The summed E-state index contributed by atoms with van der Waals surface area (Å²) in [6.07, 6.45) is 29.4. The predicted octanol–water partition coefficient (Wildman–Crippen LogP) is 7.84. The molecule has 1 amide bonds. The molecule has 0 aromatic carbocycles. The van der Waals surface area contributed by atoms with Gasteiger partial charge >= 0.3 is 0 Å². The summed E-state index contributed by atoms with van der Waals surface area (Å²) < 4.78 is 11.1. The average Bonchev–Trinajstić information content (AvgIpc) is 3.22. The maximum atomic E-state index is 13.1. The fourth-order valence-electron chi connectivity index (χ4n) is 7.52. The fraction of sp³-hybridized carbons (Fsp3) is 0.894. The van der Waals surface area contributed by atoms with Gasteiger partial charge in [0.15, 0.2) is 6.29 Å². The molecule has 0 radical (unpaired) electrons. The van der Waals surface area contributed by atoms with Crippen LogP contribution in [0.2, 0.25) is 0 Å². The number of hydrogen-bond donors (Lipinski definition) is 8. The number of aliphatic hydroxyl groups is 7. The third-order valence-electron chi connectivity index (χ3n) is 11.5. The number of aliphatic hydroxyl groups excluding tert-OH is 7. The third kappa shape index (κ3) is 26.7. The van der Waals surface area contributed by atoms with Crippen LogP contribution in [0.4, 0.5) is 0 Å². The molecule has 11 nitrogen and oxygen atoms in total. The number of nitrogens with one attached hydrogen (secondary N) is 1. The van der Waals surface area contributed by atoms with Gasteiger partial charge in [-0.3, -0.25) is 4.79 Å². The Morgan fingerprint density at radius 1 is 0.586 bits per heavy atom. The van der Waals surface area contributed by atoms with Crippen molar-refractivity contribution in [2.45, 2.75) is 255 Å². The van der Waals surface area contributed by atoms with E-state index in [1.165, 1.54) is 116 Å². The summed E-state index contributed by atoms with van der Waals surface area (Å²) in [5.74, 6) is -0.710. The first-order valence-electron chi connectivity index (χ1n) is 23.7. The highest BCUT2D eigenvalue weighted by Gasteiger charge is 2.44. The SMILES string of the molecule is CCCCCCCCCC/C=C/CC/C=C/CCCC(O)C(O)C(COC1OC(CO)C(O)C(O)C1O)NC(=O)C(O)CCCCCCCCCCCCCCCC. The fourth-order valence-corrected chi connectivity index (χ4v) is 7.52. The normalized spacial score (nSPS) is 22.1. The molecule has 58 heavy (non-hydrogen) atoms. The van der Waals surface area contributed by atoms with Crippen LogP contribution >= 0.6 is 0 Å². The Morgan fingerprint density at radius 3 is 1.53 bits per heavy atom. The van der Waals surface area contributed by atoms with Gasteiger partial charge in [-0.15, -0.1) is 0 Å². The van der Waals surface area contributed by atoms with E-state index in [9.17, 15) is 40.5 Å². The van der Waals surface area contributed by atoms with Gasteiger partial charge in [0.05, 0.1) is 25.4 Å². The first-order valence-corrected chi connectivity index (χ1v) is 23.7. The molecule has 1 aliphatic rings. The van der Waals surface area contributed by atoms with Crippen molar-refractivity contribution >= 4 is 5.91 Å². The molecule has 0 spiro atoms. The first-order chi connectivity index (χ1) is 28.2. The Hall–Kier alpha value is -1.41. The Bertz CT molecular complexity index is 997. The van der Waals surface area contributed by atoms with E-state index in [0.717, 1.165) is 38.5 Å². The summed E-state index contributed by atoms with van der Waals surface area (Å²) in [6, 6.07) is -1.19. The molecule has 1 saturated heterocycles. The topological polar surface area (TPSA) is 189 Å². The summed E-state index contributed by atoms with van der Waals surface area (Å²) in [5, 5.41) is 75.6. The standard InChI is InChI=1S/C47H89NO10/c1-3-5-7-9-11-13-15-17-19-20-21-23-24-26-28-30-32-34-39(50)42(52)38(37-57-47-45(55)44(54)43(53)41(36-49)58-47)48-46(56)40(51)35-33-31-29-27-25-22-18-16-14-12-10-8-6-4-2/h20-21,26,28,38-45,47,49-55H,3-19,22-25,27,29-37H2,1-2H3,(H,48,56)/b21-20+,28-26+. The lowest BCUT2D eigenvalue weighted by atomic mass is 9.98. The van der Waals surface area contributed by atoms with Crippen molar-refractivity contribution in [1.29, 1.82) is 0 Å². The van der Waals surface area contributed by atoms with Gasteiger partial charge in [-0.05, 0) is 51.4 Å². The van der Waals surface area contributed by atoms with Crippen molar-refractivity contribution < 1.29 is 50.0 Å². The van der Waals surface area contributed by atoms with Crippen LogP contribution < -0.4 is 5.32 Å². The molecule has 9 atom stereocenters. The second-order valence-corrected chi connectivity index (χ2v) is 16.8. The third-order valence-corrected chi connectivity index (χ3v) is 11.5. The van der Waals surface area contributed by atoms with E-state index in [1.807, 2.05) is 0 Å². The molecule has 11 heteroatoms. The van der Waals surface area contributed by atoms with Crippen LogP contribution in [0, 0.1) is 0 Å². The van der Waals surface area contributed by atoms with E-state index in [4.69, 9.17) is 9.47 Å². The van der Waals surface area contributed by atoms with Gasteiger partial charge in [0.1, 0.15) is 36.6 Å². The van der Waals surface area contributed by atoms with Gasteiger partial charge in [0, 0.05) is 0 Å². The zero-order valence-electron chi connectivity index (χ0n) is 36.8. The zero-order valence-corrected chi connectivity index (χ0v) is 36.8. The predicted molar refractivity (Wildman–Crippen MR) is 233 cm³/mol. The van der Waals surface area contributed by atoms with Gasteiger partial charge in [-0.1, -0.05) is 173 Å². The van der Waals surface area contributed by atoms with Crippen molar-refractivity contribution in [2.75, 3.05) is 13.2 Å². The highest BCUT2D eigenvalue weighted by atomic mass is 16.7. The minimum absolute atomic E-state index is 0.248. The van der Waals surface area contributed by atoms with E-state index in [0.29, 0.717) is 19.3 Å². The van der Waals surface area contributed by atoms with Crippen LogP contribution in [0.5, 0.6) is 0 Å². The van der Waals surface area contributed by atoms with Crippen LogP contribution in [0.15, 0.2) is 24.3 Å². The molecule has 342 valence electrons. The van der Waals surface area contributed by atoms with E-state index < -0.39 is 74.2 Å². The van der Waals surface area contributed by atoms with E-state index in [1.54, 1.807) is 0 Å². The summed E-state index contributed by atoms with van der Waals surface area (Å²) in [7, 11) is 0. The van der Waals surface area contributed by atoms with Crippen LogP contribution in [0.25, 0.3) is 0 Å². The molecule has 0 aromatic heterocycles. The Balaban J connectivity index is 2.48.